The summed E-state index contributed by atoms with van der Waals surface area (Å²) in [5.74, 6) is 0. The number of rotatable bonds is 7. The van der Waals surface area contributed by atoms with Crippen LogP contribution in [0.4, 0.5) is 11.4 Å². The molecular formula is C14H21N3O5S. The van der Waals surface area contributed by atoms with Crippen LogP contribution in [0.15, 0.2) is 23.1 Å². The second-order valence-corrected chi connectivity index (χ2v) is 7.29. The Labute approximate surface area is 135 Å². The summed E-state index contributed by atoms with van der Waals surface area (Å²) in [6.45, 7) is 3.37. The summed E-state index contributed by atoms with van der Waals surface area (Å²) in [4.78, 5) is 12.6. The van der Waals surface area contributed by atoms with Crippen LogP contribution in [0.1, 0.15) is 19.8 Å². The summed E-state index contributed by atoms with van der Waals surface area (Å²) in [5.41, 5.74) is 0.283. The lowest BCUT2D eigenvalue weighted by Crippen LogP contribution is -2.35. The first-order valence-electron chi connectivity index (χ1n) is 7.40. The van der Waals surface area contributed by atoms with Crippen molar-refractivity contribution in [2.75, 3.05) is 31.7 Å². The van der Waals surface area contributed by atoms with E-state index < -0.39 is 21.0 Å². The van der Waals surface area contributed by atoms with Crippen LogP contribution in [0.3, 0.4) is 0 Å². The molecule has 0 amide bonds. The van der Waals surface area contributed by atoms with Crippen molar-refractivity contribution in [3.8, 4) is 0 Å². The number of nitrogens with zero attached hydrogens (tertiary/aromatic N) is 2. The summed E-state index contributed by atoms with van der Waals surface area (Å²) in [7, 11) is -2.36. The van der Waals surface area contributed by atoms with Crippen molar-refractivity contribution in [1.82, 2.24) is 4.72 Å². The average Bonchev–Trinajstić information content (AvgIpc) is 3.00. The van der Waals surface area contributed by atoms with Crippen LogP contribution in [-0.4, -0.2) is 46.2 Å². The highest BCUT2D eigenvalue weighted by Gasteiger charge is 2.26. The van der Waals surface area contributed by atoms with Crippen LogP contribution in [0.2, 0.25) is 0 Å². The molecule has 0 unspecified atom stereocenters. The molecule has 0 radical (unpaired) electrons. The number of sulfonamides is 1. The summed E-state index contributed by atoms with van der Waals surface area (Å²) < 4.78 is 32.0. The van der Waals surface area contributed by atoms with Gasteiger partial charge in [-0.05, 0) is 31.9 Å². The van der Waals surface area contributed by atoms with Crippen molar-refractivity contribution >= 4 is 21.4 Å². The number of nitro benzene ring substituents is 1. The molecule has 1 N–H and O–H groups in total. The zero-order valence-electron chi connectivity index (χ0n) is 13.2. The van der Waals surface area contributed by atoms with Crippen molar-refractivity contribution in [3.05, 3.63) is 28.3 Å². The molecule has 128 valence electrons. The number of methoxy groups -OCH3 is 1. The number of hydrogen-bond acceptors (Lipinski definition) is 6. The monoisotopic (exact) mass is 343 g/mol. The molecule has 0 aromatic heterocycles. The van der Waals surface area contributed by atoms with Gasteiger partial charge in [-0.3, -0.25) is 10.1 Å². The van der Waals surface area contributed by atoms with E-state index in [-0.39, 0.29) is 17.2 Å². The highest BCUT2D eigenvalue weighted by Crippen LogP contribution is 2.32. The topological polar surface area (TPSA) is 102 Å². The second kappa shape index (κ2) is 7.24. The van der Waals surface area contributed by atoms with E-state index in [4.69, 9.17) is 4.74 Å². The Kier molecular flexibility index (Phi) is 5.55. The lowest BCUT2D eigenvalue weighted by molar-refractivity contribution is -0.384. The van der Waals surface area contributed by atoms with Crippen LogP contribution in [0, 0.1) is 10.1 Å². The van der Waals surface area contributed by atoms with Crippen molar-refractivity contribution in [2.45, 2.75) is 30.7 Å². The van der Waals surface area contributed by atoms with Gasteiger partial charge in [-0.25, -0.2) is 13.1 Å². The number of nitrogens with one attached hydrogen (secondary N) is 1. The van der Waals surface area contributed by atoms with E-state index in [0.717, 1.165) is 32.0 Å². The van der Waals surface area contributed by atoms with E-state index in [1.165, 1.54) is 19.2 Å². The maximum Gasteiger partial charge on any atom is 0.293 e. The largest absolute Gasteiger partial charge is 0.383 e. The van der Waals surface area contributed by atoms with Gasteiger partial charge >= 0.3 is 0 Å². The second-order valence-electron chi connectivity index (χ2n) is 5.58. The minimum absolute atomic E-state index is 0.116. The van der Waals surface area contributed by atoms with Gasteiger partial charge in [0.2, 0.25) is 10.0 Å². The molecular weight excluding hydrogens is 322 g/mol. The first kappa shape index (κ1) is 17.6. The Bertz CT molecular complexity index is 671. The van der Waals surface area contributed by atoms with Gasteiger partial charge in [0, 0.05) is 32.3 Å². The Morgan fingerprint density at radius 2 is 2.04 bits per heavy atom. The fraction of sp³-hybridized carbons (Fsp3) is 0.571. The fourth-order valence-electron chi connectivity index (χ4n) is 2.66. The van der Waals surface area contributed by atoms with E-state index in [0.29, 0.717) is 5.69 Å². The van der Waals surface area contributed by atoms with Crippen LogP contribution < -0.4 is 9.62 Å². The van der Waals surface area contributed by atoms with Crippen molar-refractivity contribution in [2.24, 2.45) is 0 Å². The third-order valence-corrected chi connectivity index (χ3v) is 5.26. The molecule has 2 rings (SSSR count). The first-order chi connectivity index (χ1) is 10.8. The minimum Gasteiger partial charge on any atom is -0.383 e. The highest BCUT2D eigenvalue weighted by molar-refractivity contribution is 7.89. The minimum atomic E-state index is -3.83. The van der Waals surface area contributed by atoms with Crippen molar-refractivity contribution in [1.29, 1.82) is 0 Å². The molecule has 1 aromatic carbocycles. The standard InChI is InChI=1S/C14H21N3O5S/c1-11(10-22-2)15-23(20,21)12-5-6-13(14(9-12)17(18)19)16-7-3-4-8-16/h5-6,9,11,15H,3-4,7-8,10H2,1-2H3/t11-/m1/s1. The summed E-state index contributed by atoms with van der Waals surface area (Å²) in [5, 5.41) is 11.3. The Morgan fingerprint density at radius 1 is 1.39 bits per heavy atom. The van der Waals surface area contributed by atoms with Gasteiger partial charge < -0.3 is 9.64 Å². The maximum absolute atomic E-state index is 12.3. The molecule has 1 aliphatic heterocycles. The number of anilines is 1. The smallest absolute Gasteiger partial charge is 0.293 e. The molecule has 1 heterocycles. The lowest BCUT2D eigenvalue weighted by atomic mass is 10.2. The molecule has 1 aromatic rings. The van der Waals surface area contributed by atoms with Gasteiger partial charge in [0.05, 0.1) is 16.4 Å². The van der Waals surface area contributed by atoms with E-state index >= 15 is 0 Å². The van der Waals surface area contributed by atoms with E-state index in [1.54, 1.807) is 6.92 Å². The molecule has 1 aliphatic rings. The molecule has 0 saturated carbocycles. The quantitative estimate of drug-likeness (QED) is 0.595. The summed E-state index contributed by atoms with van der Waals surface area (Å²) >= 11 is 0. The van der Waals surface area contributed by atoms with E-state index in [1.807, 2.05) is 4.90 Å². The molecule has 0 aliphatic carbocycles. The molecule has 8 nitrogen and oxygen atoms in total. The van der Waals surface area contributed by atoms with E-state index in [9.17, 15) is 18.5 Å². The van der Waals surface area contributed by atoms with Crippen LogP contribution >= 0.6 is 0 Å². The van der Waals surface area contributed by atoms with Crippen LogP contribution in [-0.2, 0) is 14.8 Å². The SMILES string of the molecule is COC[C@@H](C)NS(=O)(=O)c1ccc(N2CCCC2)c([N+](=O)[O-])c1. The number of ether oxygens (including phenoxy) is 1. The zero-order valence-corrected chi connectivity index (χ0v) is 14.0. The molecule has 23 heavy (non-hydrogen) atoms. The van der Waals surface area contributed by atoms with Gasteiger partial charge in [0.15, 0.2) is 0 Å². The molecule has 9 heteroatoms. The zero-order chi connectivity index (χ0) is 17.0. The predicted molar refractivity (Wildman–Crippen MR) is 86.2 cm³/mol. The Balaban J connectivity index is 2.33. The Morgan fingerprint density at radius 3 is 2.61 bits per heavy atom. The van der Waals surface area contributed by atoms with Gasteiger partial charge in [0.1, 0.15) is 5.69 Å². The lowest BCUT2D eigenvalue weighted by Gasteiger charge is -2.18. The molecule has 1 fully saturated rings. The van der Waals surface area contributed by atoms with Gasteiger partial charge in [0.25, 0.3) is 5.69 Å². The van der Waals surface area contributed by atoms with Crippen LogP contribution in [0.5, 0.6) is 0 Å². The fourth-order valence-corrected chi connectivity index (χ4v) is 3.91. The number of hydrogen-bond donors (Lipinski definition) is 1. The van der Waals surface area contributed by atoms with Crippen molar-refractivity contribution < 1.29 is 18.1 Å². The molecule has 0 spiro atoms. The molecule has 1 atom stereocenters. The maximum atomic E-state index is 12.3. The van der Waals surface area contributed by atoms with Crippen LogP contribution in [0.25, 0.3) is 0 Å². The van der Waals surface area contributed by atoms with Gasteiger partial charge in [-0.1, -0.05) is 0 Å². The molecule has 1 saturated heterocycles. The normalized spacial score (nSPS) is 16.5. The third kappa shape index (κ3) is 4.18. The van der Waals surface area contributed by atoms with Gasteiger partial charge in [-0.15, -0.1) is 0 Å². The number of benzene rings is 1. The first-order valence-corrected chi connectivity index (χ1v) is 8.88. The Hall–Kier alpha value is -1.71. The summed E-state index contributed by atoms with van der Waals surface area (Å²) in [6.07, 6.45) is 1.96. The van der Waals surface area contributed by atoms with E-state index in [2.05, 4.69) is 4.72 Å². The van der Waals surface area contributed by atoms with Crippen molar-refractivity contribution in [3.63, 3.8) is 0 Å². The summed E-state index contributed by atoms with van der Waals surface area (Å²) in [6, 6.07) is 3.61. The molecule has 0 bridgehead atoms. The highest BCUT2D eigenvalue weighted by atomic mass is 32.2. The number of nitro groups is 1. The predicted octanol–water partition coefficient (Wildman–Crippen LogP) is 1.51. The van der Waals surface area contributed by atoms with Gasteiger partial charge in [-0.2, -0.15) is 0 Å². The average molecular weight is 343 g/mol. The third-order valence-electron chi connectivity index (χ3n) is 3.67.